The van der Waals surface area contributed by atoms with Crippen LogP contribution in [0.4, 0.5) is 0 Å². The molecule has 1 spiro atoms. The fourth-order valence-electron chi connectivity index (χ4n) is 4.06. The van der Waals surface area contributed by atoms with E-state index in [9.17, 15) is 0 Å². The van der Waals surface area contributed by atoms with Crippen LogP contribution in [0.5, 0.6) is 0 Å². The van der Waals surface area contributed by atoms with Gasteiger partial charge in [-0.3, -0.25) is 0 Å². The van der Waals surface area contributed by atoms with Gasteiger partial charge >= 0.3 is 0 Å². The van der Waals surface area contributed by atoms with Crippen LogP contribution < -0.4 is 5.32 Å². The smallest absolute Gasteiger partial charge is 0.0255 e. The molecule has 1 heteroatoms. The number of piperidine rings is 1. The third-order valence-electron chi connectivity index (χ3n) is 5.00. The fourth-order valence-corrected chi connectivity index (χ4v) is 4.06. The molecule has 0 aromatic rings. The van der Waals surface area contributed by atoms with Gasteiger partial charge in [-0.2, -0.15) is 0 Å². The maximum atomic E-state index is 3.58. The minimum atomic E-state index is 0.553. The van der Waals surface area contributed by atoms with Crippen LogP contribution in [-0.4, -0.2) is 12.1 Å². The van der Waals surface area contributed by atoms with E-state index in [4.69, 9.17) is 0 Å². The van der Waals surface area contributed by atoms with Crippen molar-refractivity contribution in [3.8, 4) is 0 Å². The van der Waals surface area contributed by atoms with E-state index in [1.807, 2.05) is 0 Å². The predicted octanol–water partition coefficient (Wildman–Crippen LogP) is 1.25. The molecule has 0 aromatic heterocycles. The zero-order chi connectivity index (χ0) is 7.15. The van der Waals surface area contributed by atoms with Crippen molar-refractivity contribution in [1.29, 1.82) is 0 Å². The Morgan fingerprint density at radius 1 is 1.30 bits per heavy atom. The number of hydrogen-bond acceptors (Lipinski definition) is 1. The molecule has 0 radical (unpaired) electrons. The molecule has 1 nitrogen and oxygen atoms in total. The summed E-state index contributed by atoms with van der Waals surface area (Å²) in [7, 11) is 0. The molecule has 3 aliphatic rings. The van der Waals surface area contributed by atoms with Crippen LogP contribution >= 0.6 is 0 Å². The van der Waals surface area contributed by atoms with Crippen LogP contribution in [0.25, 0.3) is 0 Å². The molecule has 3 rings (SSSR count). The Morgan fingerprint density at radius 2 is 2.00 bits per heavy atom. The van der Waals surface area contributed by atoms with Gasteiger partial charge in [0.15, 0.2) is 0 Å². The normalized spacial score (nSPS) is 76.5. The van der Waals surface area contributed by atoms with Gasteiger partial charge in [0.1, 0.15) is 0 Å². The molecule has 2 aliphatic carbocycles. The lowest BCUT2D eigenvalue weighted by molar-refractivity contribution is -0.0691. The summed E-state index contributed by atoms with van der Waals surface area (Å²) in [6, 6.07) is 0. The third-order valence-corrected chi connectivity index (χ3v) is 5.00. The third kappa shape index (κ3) is 0.241. The summed E-state index contributed by atoms with van der Waals surface area (Å²) in [6.45, 7) is 8.53. The lowest BCUT2D eigenvalue weighted by Gasteiger charge is -2.62. The molecular weight excluding hydrogens is 122 g/mol. The minimum absolute atomic E-state index is 0.553. The summed E-state index contributed by atoms with van der Waals surface area (Å²) >= 11 is 0. The first-order valence-corrected chi connectivity index (χ1v) is 4.39. The second-order valence-corrected chi connectivity index (χ2v) is 4.70. The largest absolute Gasteiger partial charge is 0.310 e. The Kier molecular flexibility index (Phi) is 0.602. The summed E-state index contributed by atoms with van der Waals surface area (Å²) < 4.78 is 0. The second kappa shape index (κ2) is 1.08. The highest BCUT2D eigenvalue weighted by molar-refractivity contribution is 5.39. The van der Waals surface area contributed by atoms with Crippen molar-refractivity contribution in [2.24, 2.45) is 23.2 Å². The van der Waals surface area contributed by atoms with Crippen LogP contribution in [0.3, 0.4) is 0 Å². The molecule has 0 amide bonds. The lowest BCUT2D eigenvalue weighted by Crippen LogP contribution is -2.76. The number of rotatable bonds is 0. The molecule has 10 heavy (non-hydrogen) atoms. The van der Waals surface area contributed by atoms with Crippen molar-refractivity contribution in [3.05, 3.63) is 0 Å². The van der Waals surface area contributed by atoms with Gasteiger partial charge in [0.25, 0.3) is 0 Å². The Bertz CT molecular complexity index is 203. The monoisotopic (exact) mass is 137 g/mol. The maximum Gasteiger partial charge on any atom is 0.0255 e. The fraction of sp³-hybridized carbons (Fsp3) is 1.00. The number of nitrogens with one attached hydrogen (secondary N) is 1. The quantitative estimate of drug-likeness (QED) is 0.530. The van der Waals surface area contributed by atoms with Gasteiger partial charge in [-0.15, -0.1) is 0 Å². The average molecular weight is 137 g/mol. The summed E-state index contributed by atoms with van der Waals surface area (Å²) in [5.41, 5.74) is 1.34. The molecule has 0 bridgehead atoms. The second-order valence-electron chi connectivity index (χ2n) is 4.70. The summed E-state index contributed by atoms with van der Waals surface area (Å²) in [4.78, 5) is 0. The molecule has 1 heterocycles. The van der Waals surface area contributed by atoms with Crippen LogP contribution in [0.1, 0.15) is 20.8 Å². The van der Waals surface area contributed by atoms with E-state index in [1.165, 1.54) is 6.54 Å². The van der Waals surface area contributed by atoms with E-state index in [0.717, 1.165) is 23.2 Å². The van der Waals surface area contributed by atoms with Crippen molar-refractivity contribution in [2.75, 3.05) is 6.54 Å². The first kappa shape index (κ1) is 5.59. The molecule has 56 valence electrons. The Morgan fingerprint density at radius 3 is 2.10 bits per heavy atom. The van der Waals surface area contributed by atoms with Gasteiger partial charge in [0, 0.05) is 17.5 Å². The van der Waals surface area contributed by atoms with E-state index in [2.05, 4.69) is 26.1 Å². The lowest BCUT2D eigenvalue weighted by atomic mass is 9.54. The van der Waals surface area contributed by atoms with E-state index in [-0.39, 0.29) is 0 Å². The average Bonchev–Trinajstić information content (AvgIpc) is 2.52. The van der Waals surface area contributed by atoms with Crippen LogP contribution in [0.15, 0.2) is 0 Å². The van der Waals surface area contributed by atoms with Crippen molar-refractivity contribution < 1.29 is 0 Å². The molecule has 1 aliphatic heterocycles. The molecule has 4 unspecified atom stereocenters. The van der Waals surface area contributed by atoms with Gasteiger partial charge in [-0.05, 0) is 24.7 Å². The summed E-state index contributed by atoms with van der Waals surface area (Å²) in [5, 5.41) is 3.58. The Labute approximate surface area is 62.2 Å². The molecule has 0 aromatic carbocycles. The van der Waals surface area contributed by atoms with E-state index in [0.29, 0.717) is 5.54 Å². The molecule has 2 saturated carbocycles. The SMILES string of the molecule is CC1C2C(C)[C@]3(C)NCC123. The minimum Gasteiger partial charge on any atom is -0.310 e. The zero-order valence-corrected chi connectivity index (χ0v) is 6.94. The van der Waals surface area contributed by atoms with Gasteiger partial charge in [0.05, 0.1) is 0 Å². The Balaban J connectivity index is 2.03. The molecule has 3 fully saturated rings. The standard InChI is InChI=1S/C9H15N/c1-5-7-6(2)9(7)4-10-8(5,9)3/h5-7,10H,4H2,1-3H3/t5?,6?,7?,8-,9?/m0/s1. The molecule has 5 atom stereocenters. The van der Waals surface area contributed by atoms with Gasteiger partial charge < -0.3 is 5.32 Å². The number of hydrogen-bond donors (Lipinski definition) is 1. The van der Waals surface area contributed by atoms with Crippen molar-refractivity contribution in [3.63, 3.8) is 0 Å². The highest BCUT2D eigenvalue weighted by Crippen LogP contribution is 2.82. The van der Waals surface area contributed by atoms with E-state index >= 15 is 0 Å². The van der Waals surface area contributed by atoms with Gasteiger partial charge in [0.2, 0.25) is 0 Å². The summed E-state index contributed by atoms with van der Waals surface area (Å²) in [5.74, 6) is 3.05. The van der Waals surface area contributed by atoms with E-state index < -0.39 is 0 Å². The highest BCUT2D eigenvalue weighted by Gasteiger charge is 2.87. The molecule has 1 N–H and O–H groups in total. The van der Waals surface area contributed by atoms with Crippen molar-refractivity contribution in [1.82, 2.24) is 5.32 Å². The van der Waals surface area contributed by atoms with Crippen LogP contribution in [0.2, 0.25) is 0 Å². The highest BCUT2D eigenvalue weighted by atomic mass is 15.2. The first-order valence-electron chi connectivity index (χ1n) is 4.39. The van der Waals surface area contributed by atoms with Crippen molar-refractivity contribution in [2.45, 2.75) is 26.3 Å². The molecule has 1 saturated heterocycles. The summed E-state index contributed by atoms with van der Waals surface area (Å²) in [6.07, 6.45) is 0. The zero-order valence-electron chi connectivity index (χ0n) is 6.94. The first-order chi connectivity index (χ1) is 4.64. The van der Waals surface area contributed by atoms with Gasteiger partial charge in [-0.25, -0.2) is 0 Å². The Hall–Kier alpha value is -0.0400. The topological polar surface area (TPSA) is 12.0 Å². The predicted molar refractivity (Wildman–Crippen MR) is 40.7 cm³/mol. The van der Waals surface area contributed by atoms with Crippen LogP contribution in [-0.2, 0) is 0 Å². The van der Waals surface area contributed by atoms with Gasteiger partial charge in [-0.1, -0.05) is 13.8 Å². The maximum absolute atomic E-state index is 3.58. The van der Waals surface area contributed by atoms with Crippen LogP contribution in [0, 0.1) is 23.2 Å². The van der Waals surface area contributed by atoms with Crippen molar-refractivity contribution >= 4 is 0 Å². The van der Waals surface area contributed by atoms with E-state index in [1.54, 1.807) is 0 Å². The molecular formula is C9H15N.